The van der Waals surface area contributed by atoms with Crippen LogP contribution in [0.3, 0.4) is 0 Å². The van der Waals surface area contributed by atoms with Gasteiger partial charge in [-0.1, -0.05) is 0 Å². The molecule has 1 fully saturated rings. The van der Waals surface area contributed by atoms with Gasteiger partial charge in [0.2, 0.25) is 5.10 Å². The predicted molar refractivity (Wildman–Crippen MR) is 96.7 cm³/mol. The number of piperazine rings is 1. The van der Waals surface area contributed by atoms with Crippen molar-refractivity contribution in [2.75, 3.05) is 37.3 Å². The summed E-state index contributed by atoms with van der Waals surface area (Å²) in [5.41, 5.74) is 2.95. The molecule has 1 atom stereocenters. The highest BCUT2D eigenvalue weighted by atomic mass is 32.2. The number of aromatic nitrogens is 3. The van der Waals surface area contributed by atoms with Crippen LogP contribution in [-0.4, -0.2) is 51.9 Å². The topological polar surface area (TPSA) is 90.3 Å². The third kappa shape index (κ3) is 2.77. The van der Waals surface area contributed by atoms with Gasteiger partial charge in [0.05, 0.1) is 13.1 Å². The Bertz CT molecular complexity index is 952. The quantitative estimate of drug-likeness (QED) is 0.403. The Labute approximate surface area is 146 Å². The van der Waals surface area contributed by atoms with Crippen LogP contribution in [0.25, 0.3) is 11.0 Å². The van der Waals surface area contributed by atoms with Crippen molar-refractivity contribution in [3.8, 4) is 0 Å². The molecule has 0 N–H and O–H groups in total. The molecule has 1 aliphatic carbocycles. The molecule has 0 saturated carbocycles. The molecule has 134 valence electrons. The van der Waals surface area contributed by atoms with E-state index in [1.807, 2.05) is 6.07 Å². The second-order valence-electron chi connectivity index (χ2n) is 6.81. The van der Waals surface area contributed by atoms with Crippen LogP contribution < -0.4 is 14.5 Å². The zero-order valence-corrected chi connectivity index (χ0v) is 15.0. The highest BCUT2D eigenvalue weighted by Gasteiger charge is 2.32. The third-order valence-electron chi connectivity index (χ3n) is 5.04. The largest absolute Gasteiger partial charge is 0.739 e. The number of hydrogen-bond donors (Lipinski definition) is 0. The average molecular weight is 363 g/mol. The van der Waals surface area contributed by atoms with Crippen LogP contribution in [0.15, 0.2) is 12.1 Å². The Hall–Kier alpha value is -2.13. The fourth-order valence-electron chi connectivity index (χ4n) is 3.66. The molecule has 25 heavy (non-hydrogen) atoms. The molecular weight excluding hydrogens is 342 g/mol. The van der Waals surface area contributed by atoms with Crippen molar-refractivity contribution in [2.24, 2.45) is 0 Å². The highest BCUT2D eigenvalue weighted by Crippen LogP contribution is 2.25. The summed E-state index contributed by atoms with van der Waals surface area (Å²) < 4.78 is 14.6. The number of nitrogens with zero attached hydrogens (tertiary/aromatic N) is 5. The lowest BCUT2D eigenvalue weighted by molar-refractivity contribution is -0.673. The van der Waals surface area contributed by atoms with E-state index in [4.69, 9.17) is 0 Å². The molecule has 2 aliphatic rings. The SMILES string of the molecule is C=S(C)(=O)N1CCN(c2n[n+]([O-])c3cc4c(cc3[n+]2[O-])CCC4)CC1. The Kier molecular flexibility index (Phi) is 3.73. The van der Waals surface area contributed by atoms with E-state index in [-0.39, 0.29) is 5.95 Å². The van der Waals surface area contributed by atoms with Crippen LogP contribution in [-0.2, 0) is 22.5 Å². The van der Waals surface area contributed by atoms with Gasteiger partial charge in [-0.15, -0.1) is 0 Å². The molecule has 1 aromatic heterocycles. The average Bonchev–Trinajstić information content (AvgIpc) is 3.03. The van der Waals surface area contributed by atoms with Crippen molar-refractivity contribution in [2.45, 2.75) is 19.3 Å². The molecule has 0 amide bonds. The van der Waals surface area contributed by atoms with Crippen molar-refractivity contribution in [1.29, 1.82) is 0 Å². The number of benzene rings is 1. The first kappa shape index (κ1) is 16.3. The third-order valence-corrected chi connectivity index (χ3v) is 6.50. The van der Waals surface area contributed by atoms with E-state index in [1.165, 1.54) is 0 Å². The molecule has 0 bridgehead atoms. The van der Waals surface area contributed by atoms with Crippen molar-refractivity contribution < 1.29 is 13.8 Å². The van der Waals surface area contributed by atoms with Crippen molar-refractivity contribution >= 4 is 32.6 Å². The Balaban J connectivity index is 1.72. The summed E-state index contributed by atoms with van der Waals surface area (Å²) in [5, 5.41) is 29.2. The van der Waals surface area contributed by atoms with Gasteiger partial charge in [0.1, 0.15) is 0 Å². The minimum Gasteiger partial charge on any atom is -0.739 e. The maximum Gasteiger partial charge on any atom is 0.463 e. The van der Waals surface area contributed by atoms with Gasteiger partial charge in [-0.3, -0.25) is 9.11 Å². The van der Waals surface area contributed by atoms with Crippen molar-refractivity contribution in [1.82, 2.24) is 9.40 Å². The van der Waals surface area contributed by atoms with Crippen molar-refractivity contribution in [3.05, 3.63) is 33.7 Å². The van der Waals surface area contributed by atoms with E-state index in [0.29, 0.717) is 42.1 Å². The van der Waals surface area contributed by atoms with E-state index < -0.39 is 9.71 Å². The zero-order chi connectivity index (χ0) is 17.8. The minimum atomic E-state index is -2.26. The summed E-state index contributed by atoms with van der Waals surface area (Å²) in [7, 11) is -2.26. The summed E-state index contributed by atoms with van der Waals surface area (Å²) in [6, 6.07) is 3.62. The lowest BCUT2D eigenvalue weighted by Gasteiger charge is -2.32. The molecule has 9 heteroatoms. The van der Waals surface area contributed by atoms with E-state index in [1.54, 1.807) is 21.5 Å². The van der Waals surface area contributed by atoms with E-state index in [0.717, 1.165) is 35.1 Å². The molecule has 8 nitrogen and oxygen atoms in total. The fourth-order valence-corrected chi connectivity index (χ4v) is 4.60. The molecule has 2 heterocycles. The number of hydrogen-bond acceptors (Lipinski definition) is 5. The summed E-state index contributed by atoms with van der Waals surface area (Å²) >= 11 is 0. The number of aryl methyl sites for hydroxylation is 2. The maximum absolute atomic E-state index is 12.8. The van der Waals surface area contributed by atoms with Crippen molar-refractivity contribution in [3.63, 3.8) is 0 Å². The second kappa shape index (κ2) is 5.70. The Morgan fingerprint density at radius 3 is 2.32 bits per heavy atom. The van der Waals surface area contributed by atoms with Crippen LogP contribution >= 0.6 is 0 Å². The minimum absolute atomic E-state index is 0.103. The van der Waals surface area contributed by atoms with Gasteiger partial charge in [0, 0.05) is 40.0 Å². The molecule has 1 saturated heterocycles. The first-order valence-corrected chi connectivity index (χ1v) is 10.4. The van der Waals surface area contributed by atoms with Gasteiger partial charge < -0.3 is 10.4 Å². The maximum atomic E-state index is 12.8. The van der Waals surface area contributed by atoms with Gasteiger partial charge >= 0.3 is 5.95 Å². The molecule has 1 aliphatic heterocycles. The first-order valence-electron chi connectivity index (χ1n) is 8.36. The number of fused-ring (bicyclic) bond motifs is 2. The Morgan fingerprint density at radius 1 is 1.12 bits per heavy atom. The van der Waals surface area contributed by atoms with Crippen LogP contribution in [0.1, 0.15) is 17.5 Å². The highest BCUT2D eigenvalue weighted by molar-refractivity contribution is 7.97. The van der Waals surface area contributed by atoms with Gasteiger partial charge in [0.15, 0.2) is 5.52 Å². The number of anilines is 1. The Morgan fingerprint density at radius 2 is 1.72 bits per heavy atom. The molecule has 0 radical (unpaired) electrons. The standard InChI is InChI=1S/C16H21N5O3S/c1-25(2,24)19-8-6-18(7-9-19)16-17-21(23)15-11-13-5-3-4-12(13)10-14(15)20(16)22/h10-11H,1,3-9H2,2H3. The predicted octanol–water partition coefficient (Wildman–Crippen LogP) is -0.626. The van der Waals surface area contributed by atoms with Gasteiger partial charge in [-0.05, 0) is 42.3 Å². The monoisotopic (exact) mass is 363 g/mol. The van der Waals surface area contributed by atoms with E-state index >= 15 is 0 Å². The lowest BCUT2D eigenvalue weighted by atomic mass is 10.1. The molecule has 1 aromatic carbocycles. The summed E-state index contributed by atoms with van der Waals surface area (Å²) in [5.74, 6) is 3.80. The summed E-state index contributed by atoms with van der Waals surface area (Å²) in [6.07, 6.45) is 4.54. The van der Waals surface area contributed by atoms with E-state index in [9.17, 15) is 14.6 Å². The van der Waals surface area contributed by atoms with Crippen LogP contribution in [0, 0.1) is 10.4 Å². The van der Waals surface area contributed by atoms with Gasteiger partial charge in [0.25, 0.3) is 5.52 Å². The second-order valence-corrected chi connectivity index (χ2v) is 9.24. The van der Waals surface area contributed by atoms with Crippen LogP contribution in [0.2, 0.25) is 0 Å². The summed E-state index contributed by atoms with van der Waals surface area (Å²) in [4.78, 5) is 2.32. The molecule has 2 aromatic rings. The zero-order valence-electron chi connectivity index (χ0n) is 14.2. The van der Waals surface area contributed by atoms with E-state index in [2.05, 4.69) is 11.0 Å². The first-order chi connectivity index (χ1) is 11.8. The van der Waals surface area contributed by atoms with Gasteiger partial charge in [-0.2, -0.15) is 0 Å². The number of rotatable bonds is 2. The van der Waals surface area contributed by atoms with Crippen LogP contribution in [0.4, 0.5) is 5.95 Å². The lowest BCUT2D eigenvalue weighted by Crippen LogP contribution is -2.54. The molecule has 1 unspecified atom stereocenters. The normalized spacial score (nSPS) is 20.6. The fraction of sp³-hybridized carbons (Fsp3) is 0.500. The molecule has 0 spiro atoms. The molecule has 4 rings (SSSR count). The summed E-state index contributed by atoms with van der Waals surface area (Å²) in [6.45, 7) is 1.99. The smallest absolute Gasteiger partial charge is 0.463 e. The van der Waals surface area contributed by atoms with Crippen LogP contribution in [0.5, 0.6) is 0 Å². The molecular formula is C16H21N5O3S. The van der Waals surface area contributed by atoms with Gasteiger partial charge in [-0.25, -0.2) is 9.04 Å².